The number of nitrogens with zero attached hydrogens (tertiary/aromatic N) is 1. The van der Waals surface area contributed by atoms with Crippen molar-refractivity contribution in [3.05, 3.63) is 0 Å². The Kier molecular flexibility index (Phi) is 5.27. The van der Waals surface area contributed by atoms with Crippen LogP contribution in [0.15, 0.2) is 4.99 Å². The van der Waals surface area contributed by atoms with Crippen LogP contribution in [0.2, 0.25) is 0 Å². The highest BCUT2D eigenvalue weighted by molar-refractivity contribution is 5.80. The van der Waals surface area contributed by atoms with Gasteiger partial charge in [0.25, 0.3) is 0 Å². The minimum atomic E-state index is -0.731. The van der Waals surface area contributed by atoms with Crippen molar-refractivity contribution in [3.63, 3.8) is 0 Å². The van der Waals surface area contributed by atoms with Crippen LogP contribution in [0.3, 0.4) is 0 Å². The van der Waals surface area contributed by atoms with E-state index in [0.717, 1.165) is 25.4 Å². The summed E-state index contributed by atoms with van der Waals surface area (Å²) in [7, 11) is 0. The van der Waals surface area contributed by atoms with Crippen molar-refractivity contribution >= 4 is 5.96 Å². The molecule has 1 saturated heterocycles. The molecule has 0 radical (unpaired) electrons. The third kappa shape index (κ3) is 4.94. The van der Waals surface area contributed by atoms with Gasteiger partial charge < -0.3 is 20.5 Å². The fourth-order valence-corrected chi connectivity index (χ4v) is 2.22. The second-order valence-corrected chi connectivity index (χ2v) is 6.42. The summed E-state index contributed by atoms with van der Waals surface area (Å²) in [5, 5.41) is 16.9. The number of hydrogen-bond acceptors (Lipinski definition) is 3. The zero-order chi connectivity index (χ0) is 14.6. The minimum absolute atomic E-state index is 0.245. The van der Waals surface area contributed by atoms with Crippen LogP contribution < -0.4 is 10.6 Å². The first-order chi connectivity index (χ1) is 9.50. The normalized spacial score (nSPS) is 28.0. The van der Waals surface area contributed by atoms with E-state index < -0.39 is 5.60 Å². The molecule has 3 N–H and O–H groups in total. The Morgan fingerprint density at radius 3 is 2.75 bits per heavy atom. The van der Waals surface area contributed by atoms with E-state index in [0.29, 0.717) is 19.0 Å². The smallest absolute Gasteiger partial charge is 0.191 e. The average molecular weight is 283 g/mol. The van der Waals surface area contributed by atoms with Crippen molar-refractivity contribution in [2.24, 2.45) is 4.99 Å². The predicted molar refractivity (Wildman–Crippen MR) is 80.9 cm³/mol. The second kappa shape index (κ2) is 6.76. The lowest BCUT2D eigenvalue weighted by Crippen LogP contribution is -2.48. The summed E-state index contributed by atoms with van der Waals surface area (Å²) in [5.41, 5.74) is -0.731. The SMILES string of the molecule is CCC(C)(O)CN=C(NC1CC1)NC(C)C1CCCO1. The zero-order valence-corrected chi connectivity index (χ0v) is 13.0. The predicted octanol–water partition coefficient (Wildman–Crippen LogP) is 1.41. The summed E-state index contributed by atoms with van der Waals surface area (Å²) in [4.78, 5) is 4.55. The molecule has 2 aliphatic rings. The molecule has 2 fully saturated rings. The first-order valence-electron chi connectivity index (χ1n) is 7.91. The van der Waals surface area contributed by atoms with E-state index >= 15 is 0 Å². The van der Waals surface area contributed by atoms with Crippen LogP contribution in [-0.2, 0) is 4.74 Å². The van der Waals surface area contributed by atoms with Gasteiger partial charge in [0, 0.05) is 12.6 Å². The van der Waals surface area contributed by atoms with E-state index in [9.17, 15) is 5.11 Å². The molecule has 3 unspecified atom stereocenters. The summed E-state index contributed by atoms with van der Waals surface area (Å²) in [5.74, 6) is 0.809. The molecule has 0 bridgehead atoms. The summed E-state index contributed by atoms with van der Waals surface area (Å²) >= 11 is 0. The molecule has 2 rings (SSSR count). The molecule has 0 spiro atoms. The molecule has 116 valence electrons. The van der Waals surface area contributed by atoms with Gasteiger partial charge in [0.2, 0.25) is 0 Å². The number of rotatable bonds is 6. The lowest BCUT2D eigenvalue weighted by molar-refractivity contribution is 0.0654. The molecule has 0 aromatic heterocycles. The fraction of sp³-hybridized carbons (Fsp3) is 0.933. The van der Waals surface area contributed by atoms with Crippen LogP contribution in [0, 0.1) is 0 Å². The van der Waals surface area contributed by atoms with E-state index in [2.05, 4.69) is 22.5 Å². The van der Waals surface area contributed by atoms with E-state index in [4.69, 9.17) is 4.74 Å². The van der Waals surface area contributed by atoms with Crippen LogP contribution >= 0.6 is 0 Å². The molecule has 0 amide bonds. The summed E-state index contributed by atoms with van der Waals surface area (Å²) in [6, 6.07) is 0.790. The van der Waals surface area contributed by atoms with E-state index in [1.807, 2.05) is 13.8 Å². The number of nitrogens with one attached hydrogen (secondary N) is 2. The standard InChI is InChI=1S/C15H29N3O2/c1-4-15(3,19)10-16-14(18-12-7-8-12)17-11(2)13-6-5-9-20-13/h11-13,19H,4-10H2,1-3H3,(H2,16,17,18). The topological polar surface area (TPSA) is 65.9 Å². The number of hydrogen-bond donors (Lipinski definition) is 3. The minimum Gasteiger partial charge on any atom is -0.388 e. The van der Waals surface area contributed by atoms with Crippen LogP contribution in [-0.4, -0.2) is 48.0 Å². The molecule has 0 aromatic carbocycles. The first kappa shape index (κ1) is 15.6. The summed E-state index contributed by atoms with van der Waals surface area (Å²) in [6.07, 6.45) is 5.64. The molecule has 1 heterocycles. The van der Waals surface area contributed by atoms with Crippen molar-refractivity contribution in [2.75, 3.05) is 13.2 Å². The van der Waals surface area contributed by atoms with E-state index in [1.165, 1.54) is 12.8 Å². The van der Waals surface area contributed by atoms with Gasteiger partial charge in [0.1, 0.15) is 0 Å². The van der Waals surface area contributed by atoms with Gasteiger partial charge in [-0.25, -0.2) is 0 Å². The van der Waals surface area contributed by atoms with Gasteiger partial charge in [-0.3, -0.25) is 4.99 Å². The van der Waals surface area contributed by atoms with Crippen LogP contribution in [0.5, 0.6) is 0 Å². The molecule has 1 saturated carbocycles. The Morgan fingerprint density at radius 2 is 2.20 bits per heavy atom. The van der Waals surface area contributed by atoms with E-state index in [-0.39, 0.29) is 12.1 Å². The highest BCUT2D eigenvalue weighted by Crippen LogP contribution is 2.19. The lowest BCUT2D eigenvalue weighted by Gasteiger charge is -2.24. The van der Waals surface area contributed by atoms with Crippen molar-refractivity contribution in [1.82, 2.24) is 10.6 Å². The molecule has 1 aliphatic carbocycles. The van der Waals surface area contributed by atoms with Crippen LogP contribution in [0.1, 0.15) is 52.9 Å². The number of aliphatic hydroxyl groups is 1. The van der Waals surface area contributed by atoms with Crippen molar-refractivity contribution in [2.45, 2.75) is 76.7 Å². The molecule has 1 aliphatic heterocycles. The third-order valence-electron chi connectivity index (χ3n) is 4.14. The van der Waals surface area contributed by atoms with Crippen LogP contribution in [0.4, 0.5) is 0 Å². The maximum Gasteiger partial charge on any atom is 0.191 e. The lowest BCUT2D eigenvalue weighted by atomic mass is 10.1. The van der Waals surface area contributed by atoms with E-state index in [1.54, 1.807) is 0 Å². The van der Waals surface area contributed by atoms with Gasteiger partial charge in [0.05, 0.1) is 24.3 Å². The third-order valence-corrected chi connectivity index (χ3v) is 4.14. The molecule has 0 aromatic rings. The fourth-order valence-electron chi connectivity index (χ4n) is 2.22. The maximum atomic E-state index is 10.1. The quantitative estimate of drug-likeness (QED) is 0.509. The van der Waals surface area contributed by atoms with Gasteiger partial charge in [-0.1, -0.05) is 6.92 Å². The number of guanidine groups is 1. The van der Waals surface area contributed by atoms with Crippen molar-refractivity contribution in [1.29, 1.82) is 0 Å². The number of ether oxygens (including phenoxy) is 1. The highest BCUT2D eigenvalue weighted by atomic mass is 16.5. The Bertz CT molecular complexity index is 334. The van der Waals surface area contributed by atoms with Gasteiger partial charge >= 0.3 is 0 Å². The molecule has 3 atom stereocenters. The first-order valence-corrected chi connectivity index (χ1v) is 7.91. The molecular weight excluding hydrogens is 254 g/mol. The Labute approximate surface area is 122 Å². The van der Waals surface area contributed by atoms with Crippen LogP contribution in [0.25, 0.3) is 0 Å². The Morgan fingerprint density at radius 1 is 1.45 bits per heavy atom. The summed E-state index contributed by atoms with van der Waals surface area (Å²) in [6.45, 7) is 7.23. The maximum absolute atomic E-state index is 10.1. The second-order valence-electron chi connectivity index (χ2n) is 6.42. The zero-order valence-electron chi connectivity index (χ0n) is 13.0. The average Bonchev–Trinajstić information content (AvgIpc) is 3.06. The Balaban J connectivity index is 1.89. The summed E-state index contributed by atoms with van der Waals surface area (Å²) < 4.78 is 5.71. The Hall–Kier alpha value is -0.810. The molecular formula is C15H29N3O2. The molecule has 5 heteroatoms. The highest BCUT2D eigenvalue weighted by Gasteiger charge is 2.27. The van der Waals surface area contributed by atoms with Gasteiger partial charge in [-0.15, -0.1) is 0 Å². The molecule has 20 heavy (non-hydrogen) atoms. The van der Waals surface area contributed by atoms with Crippen molar-refractivity contribution < 1.29 is 9.84 Å². The number of aliphatic imine (C=N–C) groups is 1. The van der Waals surface area contributed by atoms with Gasteiger partial charge in [0.15, 0.2) is 5.96 Å². The van der Waals surface area contributed by atoms with Gasteiger partial charge in [-0.2, -0.15) is 0 Å². The largest absolute Gasteiger partial charge is 0.388 e. The molecule has 5 nitrogen and oxygen atoms in total. The monoisotopic (exact) mass is 283 g/mol. The van der Waals surface area contributed by atoms with Gasteiger partial charge in [-0.05, 0) is 46.0 Å². The van der Waals surface area contributed by atoms with Crippen molar-refractivity contribution in [3.8, 4) is 0 Å².